The fourth-order valence-electron chi connectivity index (χ4n) is 3.42. The second-order valence-electron chi connectivity index (χ2n) is 5.88. The van der Waals surface area contributed by atoms with Gasteiger partial charge in [-0.3, -0.25) is 4.90 Å². The summed E-state index contributed by atoms with van der Waals surface area (Å²) in [6.45, 7) is 4.69. The Balaban J connectivity index is 1.84. The molecule has 0 aromatic heterocycles. The summed E-state index contributed by atoms with van der Waals surface area (Å²) in [5.41, 5.74) is 0.950. The maximum Gasteiger partial charge on any atom is 0.325 e. The van der Waals surface area contributed by atoms with Crippen molar-refractivity contribution in [2.45, 2.75) is 44.2 Å². The molecule has 0 radical (unpaired) electrons. The van der Waals surface area contributed by atoms with Crippen molar-refractivity contribution in [3.8, 4) is 0 Å². The summed E-state index contributed by atoms with van der Waals surface area (Å²) >= 11 is 3.44. The molecule has 21 heavy (non-hydrogen) atoms. The number of halogens is 1. The number of anilines is 1. The Hall–Kier alpha value is -1.29. The predicted octanol–water partition coefficient (Wildman–Crippen LogP) is 4.58. The van der Waals surface area contributed by atoms with Gasteiger partial charge in [0.05, 0.1) is 6.04 Å². The van der Waals surface area contributed by atoms with E-state index < -0.39 is 0 Å². The number of benzene rings is 1. The van der Waals surface area contributed by atoms with Gasteiger partial charge in [0.15, 0.2) is 0 Å². The van der Waals surface area contributed by atoms with Gasteiger partial charge in [-0.1, -0.05) is 41.3 Å². The minimum atomic E-state index is 0.0700. The van der Waals surface area contributed by atoms with E-state index in [-0.39, 0.29) is 12.1 Å². The van der Waals surface area contributed by atoms with Crippen LogP contribution in [0, 0.1) is 0 Å². The van der Waals surface area contributed by atoms with E-state index in [2.05, 4.69) is 27.4 Å². The number of hydrogen-bond donors (Lipinski definition) is 0. The highest BCUT2D eigenvalue weighted by Crippen LogP contribution is 2.31. The highest BCUT2D eigenvalue weighted by Gasteiger charge is 2.40. The first-order chi connectivity index (χ1) is 10.2. The van der Waals surface area contributed by atoms with Crippen LogP contribution in [0.15, 0.2) is 41.4 Å². The number of carbonyl (C=O) groups excluding carboxylic acids is 1. The van der Waals surface area contributed by atoms with Crippen LogP contribution in [0.3, 0.4) is 0 Å². The van der Waals surface area contributed by atoms with E-state index in [1.165, 1.54) is 19.3 Å². The Labute approximate surface area is 134 Å². The predicted molar refractivity (Wildman–Crippen MR) is 89.6 cm³/mol. The molecule has 4 heteroatoms. The molecule has 3 rings (SSSR count). The van der Waals surface area contributed by atoms with Crippen molar-refractivity contribution in [1.29, 1.82) is 0 Å². The minimum Gasteiger partial charge on any atom is -0.319 e. The van der Waals surface area contributed by atoms with Gasteiger partial charge in [-0.2, -0.15) is 0 Å². The van der Waals surface area contributed by atoms with Gasteiger partial charge in [-0.05, 0) is 37.1 Å². The molecule has 1 saturated heterocycles. The molecule has 112 valence electrons. The number of amides is 2. The summed E-state index contributed by atoms with van der Waals surface area (Å²) in [7, 11) is 0. The molecular formula is C17H21BrN2O. The molecule has 2 aliphatic rings. The molecule has 1 aromatic rings. The molecule has 1 heterocycles. The third kappa shape index (κ3) is 2.86. The van der Waals surface area contributed by atoms with Crippen LogP contribution in [-0.4, -0.2) is 29.6 Å². The van der Waals surface area contributed by atoms with Crippen molar-refractivity contribution < 1.29 is 4.79 Å². The number of carbonyl (C=O) groups is 1. The molecule has 3 nitrogen and oxygen atoms in total. The van der Waals surface area contributed by atoms with Crippen molar-refractivity contribution in [2.24, 2.45) is 0 Å². The average Bonchev–Trinajstić information content (AvgIpc) is 2.86. The van der Waals surface area contributed by atoms with Gasteiger partial charge >= 0.3 is 6.03 Å². The van der Waals surface area contributed by atoms with E-state index in [1.54, 1.807) is 0 Å². The van der Waals surface area contributed by atoms with E-state index in [0.717, 1.165) is 29.5 Å². The van der Waals surface area contributed by atoms with E-state index in [1.807, 2.05) is 35.2 Å². The van der Waals surface area contributed by atoms with Gasteiger partial charge in [0.2, 0.25) is 0 Å². The number of urea groups is 1. The third-order valence-corrected chi connectivity index (χ3v) is 5.09. The summed E-state index contributed by atoms with van der Waals surface area (Å²) in [6.07, 6.45) is 7.97. The van der Waals surface area contributed by atoms with Crippen LogP contribution in [0.5, 0.6) is 0 Å². The lowest BCUT2D eigenvalue weighted by molar-refractivity contribution is 0.181. The highest BCUT2D eigenvalue weighted by molar-refractivity contribution is 9.10. The topological polar surface area (TPSA) is 23.6 Å². The van der Waals surface area contributed by atoms with Crippen LogP contribution in [0.1, 0.15) is 32.1 Å². The van der Waals surface area contributed by atoms with E-state index in [0.29, 0.717) is 6.04 Å². The highest BCUT2D eigenvalue weighted by atomic mass is 79.9. The number of rotatable bonds is 3. The van der Waals surface area contributed by atoms with E-state index >= 15 is 0 Å². The third-order valence-electron chi connectivity index (χ3n) is 4.56. The molecule has 1 aromatic carbocycles. The standard InChI is InChI=1S/C17H21BrN2O/c1-2-14-12-19(15-6-4-3-5-7-15)17(21)20(14)16-10-8-13(18)9-11-16/h2,8-11,14-15H,1,3-7,12H2. The van der Waals surface area contributed by atoms with Gasteiger partial charge < -0.3 is 4.90 Å². The van der Waals surface area contributed by atoms with Crippen LogP contribution in [-0.2, 0) is 0 Å². The van der Waals surface area contributed by atoms with Crippen molar-refractivity contribution in [3.63, 3.8) is 0 Å². The van der Waals surface area contributed by atoms with Crippen LogP contribution in [0.25, 0.3) is 0 Å². The Morgan fingerprint density at radius 2 is 1.81 bits per heavy atom. The zero-order valence-electron chi connectivity index (χ0n) is 12.2. The largest absolute Gasteiger partial charge is 0.325 e. The number of nitrogens with zero attached hydrogens (tertiary/aromatic N) is 2. The zero-order valence-corrected chi connectivity index (χ0v) is 13.8. The van der Waals surface area contributed by atoms with Crippen molar-refractivity contribution in [2.75, 3.05) is 11.4 Å². The lowest BCUT2D eigenvalue weighted by Crippen LogP contribution is -2.40. The lowest BCUT2D eigenvalue weighted by atomic mass is 9.94. The maximum absolute atomic E-state index is 12.9. The van der Waals surface area contributed by atoms with Gasteiger partial charge in [0, 0.05) is 22.7 Å². The van der Waals surface area contributed by atoms with E-state index in [9.17, 15) is 4.79 Å². The van der Waals surface area contributed by atoms with E-state index in [4.69, 9.17) is 0 Å². The summed E-state index contributed by atoms with van der Waals surface area (Å²) in [6, 6.07) is 8.55. The molecule has 1 aliphatic carbocycles. The molecule has 1 atom stereocenters. The van der Waals surface area contributed by atoms with Crippen molar-refractivity contribution in [1.82, 2.24) is 4.90 Å². The average molecular weight is 349 g/mol. The van der Waals surface area contributed by atoms with Crippen LogP contribution in [0.2, 0.25) is 0 Å². The first-order valence-corrected chi connectivity index (χ1v) is 8.48. The Kier molecular flexibility index (Phi) is 4.34. The second-order valence-corrected chi connectivity index (χ2v) is 6.79. The van der Waals surface area contributed by atoms with Crippen LogP contribution >= 0.6 is 15.9 Å². The first kappa shape index (κ1) is 14.6. The molecule has 0 spiro atoms. The quantitative estimate of drug-likeness (QED) is 0.733. The molecular weight excluding hydrogens is 328 g/mol. The Bertz CT molecular complexity index is 522. The fourth-order valence-corrected chi connectivity index (χ4v) is 3.69. The molecule has 1 unspecified atom stereocenters. The summed E-state index contributed by atoms with van der Waals surface area (Å²) < 4.78 is 1.03. The maximum atomic E-state index is 12.9. The summed E-state index contributed by atoms with van der Waals surface area (Å²) in [5, 5.41) is 0. The smallest absolute Gasteiger partial charge is 0.319 e. The second kappa shape index (κ2) is 6.22. The van der Waals surface area contributed by atoms with Gasteiger partial charge in [-0.15, -0.1) is 6.58 Å². The Morgan fingerprint density at radius 1 is 1.14 bits per heavy atom. The summed E-state index contributed by atoms with van der Waals surface area (Å²) in [5.74, 6) is 0. The van der Waals surface area contributed by atoms with Crippen LogP contribution in [0.4, 0.5) is 10.5 Å². The normalized spacial score (nSPS) is 23.7. The van der Waals surface area contributed by atoms with Gasteiger partial charge in [0.1, 0.15) is 0 Å². The van der Waals surface area contributed by atoms with Crippen molar-refractivity contribution in [3.05, 3.63) is 41.4 Å². The zero-order chi connectivity index (χ0) is 14.8. The molecule has 1 saturated carbocycles. The van der Waals surface area contributed by atoms with Crippen LogP contribution < -0.4 is 4.90 Å². The lowest BCUT2D eigenvalue weighted by Gasteiger charge is -2.30. The molecule has 1 aliphatic heterocycles. The minimum absolute atomic E-state index is 0.0700. The number of hydrogen-bond acceptors (Lipinski definition) is 1. The fraction of sp³-hybridized carbons (Fsp3) is 0.471. The van der Waals surface area contributed by atoms with Gasteiger partial charge in [-0.25, -0.2) is 4.79 Å². The molecule has 2 fully saturated rings. The monoisotopic (exact) mass is 348 g/mol. The summed E-state index contributed by atoms with van der Waals surface area (Å²) in [4.78, 5) is 16.8. The van der Waals surface area contributed by atoms with Crippen molar-refractivity contribution >= 4 is 27.6 Å². The SMILES string of the molecule is C=CC1CN(C2CCCCC2)C(=O)N1c1ccc(Br)cc1. The van der Waals surface area contributed by atoms with Gasteiger partial charge in [0.25, 0.3) is 0 Å². The first-order valence-electron chi connectivity index (χ1n) is 7.68. The molecule has 0 bridgehead atoms. The Morgan fingerprint density at radius 3 is 2.43 bits per heavy atom. The molecule has 2 amide bonds. The molecule has 0 N–H and O–H groups in total.